The second-order valence-corrected chi connectivity index (χ2v) is 4.63. The van der Waals surface area contributed by atoms with Gasteiger partial charge in [0.2, 0.25) is 0 Å². The van der Waals surface area contributed by atoms with Crippen molar-refractivity contribution >= 4 is 22.7 Å². The summed E-state index contributed by atoms with van der Waals surface area (Å²) in [6.07, 6.45) is 0. The Hall–Kier alpha value is -1.06. The number of nitrogens with zero attached hydrogens (tertiary/aromatic N) is 1. The van der Waals surface area contributed by atoms with Crippen LogP contribution in [0.5, 0.6) is 0 Å². The highest BCUT2D eigenvalue weighted by Crippen LogP contribution is 2.29. The molecule has 16 heavy (non-hydrogen) atoms. The molecule has 86 valence electrons. The molecule has 2 aromatic rings. The second-order valence-electron chi connectivity index (χ2n) is 4.23. The molecule has 1 heterocycles. The second kappa shape index (κ2) is 4.44. The first-order valence-electron chi connectivity index (χ1n) is 5.38. The van der Waals surface area contributed by atoms with E-state index in [1.165, 1.54) is 0 Å². The van der Waals surface area contributed by atoms with E-state index in [2.05, 4.69) is 18.8 Å². The van der Waals surface area contributed by atoms with Gasteiger partial charge in [-0.15, -0.1) is 0 Å². The van der Waals surface area contributed by atoms with Crippen LogP contribution in [-0.4, -0.2) is 11.5 Å². The topological polar surface area (TPSA) is 52.0 Å². The fourth-order valence-electron chi connectivity index (χ4n) is 1.75. The van der Waals surface area contributed by atoms with E-state index in [1.807, 2.05) is 12.1 Å². The summed E-state index contributed by atoms with van der Waals surface area (Å²) < 4.78 is 5.69. The molecule has 2 N–H and O–H groups in total. The highest BCUT2D eigenvalue weighted by molar-refractivity contribution is 6.34. The smallest absolute Gasteiger partial charge is 0.200 e. The van der Waals surface area contributed by atoms with Crippen molar-refractivity contribution in [1.29, 1.82) is 0 Å². The van der Waals surface area contributed by atoms with Gasteiger partial charge in [0.1, 0.15) is 5.52 Å². The van der Waals surface area contributed by atoms with Crippen molar-refractivity contribution in [3.8, 4) is 0 Å². The predicted octanol–water partition coefficient (Wildman–Crippen LogP) is 3.18. The monoisotopic (exact) mass is 238 g/mol. The Kier molecular flexibility index (Phi) is 3.17. The van der Waals surface area contributed by atoms with Gasteiger partial charge < -0.3 is 10.2 Å². The van der Waals surface area contributed by atoms with Crippen LogP contribution in [0.15, 0.2) is 22.6 Å². The summed E-state index contributed by atoms with van der Waals surface area (Å²) in [5.41, 5.74) is 7.18. The van der Waals surface area contributed by atoms with Crippen molar-refractivity contribution < 1.29 is 4.42 Å². The molecule has 4 heteroatoms. The van der Waals surface area contributed by atoms with E-state index in [-0.39, 0.29) is 5.92 Å². The van der Waals surface area contributed by atoms with Gasteiger partial charge in [0.25, 0.3) is 0 Å². The molecule has 0 aliphatic rings. The molecule has 0 spiro atoms. The van der Waals surface area contributed by atoms with E-state index in [9.17, 15) is 0 Å². The Morgan fingerprint density at radius 3 is 2.75 bits per heavy atom. The summed E-state index contributed by atoms with van der Waals surface area (Å²) in [6, 6.07) is 5.55. The molecule has 0 aliphatic carbocycles. The van der Waals surface area contributed by atoms with Gasteiger partial charge in [-0.1, -0.05) is 31.5 Å². The number of rotatable bonds is 3. The third-order valence-electron chi connectivity index (χ3n) is 2.76. The Morgan fingerprint density at radius 2 is 2.19 bits per heavy atom. The van der Waals surface area contributed by atoms with Crippen molar-refractivity contribution in [3.63, 3.8) is 0 Å². The Bertz CT molecular complexity index is 493. The zero-order valence-corrected chi connectivity index (χ0v) is 10.2. The predicted molar refractivity (Wildman–Crippen MR) is 65.7 cm³/mol. The molecule has 0 bridgehead atoms. The van der Waals surface area contributed by atoms with Crippen molar-refractivity contribution in [3.05, 3.63) is 29.1 Å². The van der Waals surface area contributed by atoms with E-state index in [0.29, 0.717) is 29.0 Å². The van der Waals surface area contributed by atoms with Gasteiger partial charge in [-0.3, -0.25) is 0 Å². The van der Waals surface area contributed by atoms with Gasteiger partial charge in [-0.05, 0) is 18.1 Å². The number of oxazole rings is 1. The van der Waals surface area contributed by atoms with Crippen LogP contribution < -0.4 is 5.73 Å². The van der Waals surface area contributed by atoms with Gasteiger partial charge in [0, 0.05) is 6.54 Å². The molecule has 0 radical (unpaired) electrons. The molecular formula is C12H15ClN2O. The summed E-state index contributed by atoms with van der Waals surface area (Å²) in [5, 5.41) is 0.593. The van der Waals surface area contributed by atoms with Crippen LogP contribution >= 0.6 is 11.6 Å². The molecule has 1 aromatic heterocycles. The number of hydrogen-bond donors (Lipinski definition) is 1. The first-order chi connectivity index (χ1) is 7.63. The Balaban J connectivity index is 2.50. The molecule has 1 aromatic carbocycles. The largest absolute Gasteiger partial charge is 0.439 e. The van der Waals surface area contributed by atoms with Gasteiger partial charge in [-0.2, -0.15) is 0 Å². The van der Waals surface area contributed by atoms with E-state index in [1.54, 1.807) is 6.07 Å². The molecular weight excluding hydrogens is 224 g/mol. The number of fused-ring (bicyclic) bond motifs is 1. The van der Waals surface area contributed by atoms with Gasteiger partial charge in [-0.25, -0.2) is 4.98 Å². The van der Waals surface area contributed by atoms with Crippen molar-refractivity contribution in [2.24, 2.45) is 11.7 Å². The van der Waals surface area contributed by atoms with Crippen molar-refractivity contribution in [2.45, 2.75) is 19.8 Å². The van der Waals surface area contributed by atoms with Crippen molar-refractivity contribution in [1.82, 2.24) is 4.98 Å². The van der Waals surface area contributed by atoms with Crippen LogP contribution in [0.3, 0.4) is 0 Å². The lowest BCUT2D eigenvalue weighted by Crippen LogP contribution is -2.17. The molecule has 1 unspecified atom stereocenters. The zero-order chi connectivity index (χ0) is 11.7. The minimum atomic E-state index is 0.142. The minimum Gasteiger partial charge on any atom is -0.439 e. The first-order valence-corrected chi connectivity index (χ1v) is 5.76. The summed E-state index contributed by atoms with van der Waals surface area (Å²) in [7, 11) is 0. The van der Waals surface area contributed by atoms with Gasteiger partial charge in [0.05, 0.1) is 10.9 Å². The van der Waals surface area contributed by atoms with Gasteiger partial charge in [0.15, 0.2) is 11.5 Å². The molecule has 0 fully saturated rings. The third kappa shape index (κ3) is 1.93. The van der Waals surface area contributed by atoms with Crippen LogP contribution in [0.4, 0.5) is 0 Å². The van der Waals surface area contributed by atoms with Crippen LogP contribution in [0.25, 0.3) is 11.1 Å². The number of para-hydroxylation sites is 1. The quantitative estimate of drug-likeness (QED) is 0.894. The van der Waals surface area contributed by atoms with Crippen LogP contribution in [0, 0.1) is 5.92 Å². The molecule has 2 rings (SSSR count). The minimum absolute atomic E-state index is 0.142. The molecule has 0 saturated heterocycles. The van der Waals surface area contributed by atoms with Crippen LogP contribution in [0.1, 0.15) is 25.7 Å². The number of benzene rings is 1. The fourth-order valence-corrected chi connectivity index (χ4v) is 1.96. The number of hydrogen-bond acceptors (Lipinski definition) is 3. The molecule has 0 amide bonds. The lowest BCUT2D eigenvalue weighted by Gasteiger charge is -2.14. The maximum absolute atomic E-state index is 6.03. The maximum Gasteiger partial charge on any atom is 0.200 e. The van der Waals surface area contributed by atoms with Crippen molar-refractivity contribution in [2.75, 3.05) is 6.54 Å². The van der Waals surface area contributed by atoms with E-state index in [0.717, 1.165) is 5.52 Å². The Morgan fingerprint density at radius 1 is 1.44 bits per heavy atom. The standard InChI is InChI=1S/C12H15ClN2O/c1-7(2)8(6-14)12-15-10-5-3-4-9(13)11(10)16-12/h3-5,7-8H,6,14H2,1-2H3. The normalized spacial score (nSPS) is 13.6. The van der Waals surface area contributed by atoms with Gasteiger partial charge >= 0.3 is 0 Å². The molecule has 1 atom stereocenters. The van der Waals surface area contributed by atoms with E-state index < -0.39 is 0 Å². The maximum atomic E-state index is 6.03. The lowest BCUT2D eigenvalue weighted by atomic mass is 9.96. The van der Waals surface area contributed by atoms with Crippen LogP contribution in [0.2, 0.25) is 5.02 Å². The fraction of sp³-hybridized carbons (Fsp3) is 0.417. The van der Waals surface area contributed by atoms with E-state index in [4.69, 9.17) is 21.8 Å². The third-order valence-corrected chi connectivity index (χ3v) is 3.06. The zero-order valence-electron chi connectivity index (χ0n) is 9.40. The number of nitrogens with two attached hydrogens (primary N) is 1. The highest BCUT2D eigenvalue weighted by Gasteiger charge is 2.20. The SMILES string of the molecule is CC(C)C(CN)c1nc2cccc(Cl)c2o1. The number of aromatic nitrogens is 1. The molecule has 3 nitrogen and oxygen atoms in total. The summed E-state index contributed by atoms with van der Waals surface area (Å²) in [6.45, 7) is 4.74. The van der Waals surface area contributed by atoms with Crippen LogP contribution in [-0.2, 0) is 0 Å². The summed E-state index contributed by atoms with van der Waals surface area (Å²) in [4.78, 5) is 4.43. The molecule has 0 aliphatic heterocycles. The number of halogens is 1. The van der Waals surface area contributed by atoms with E-state index >= 15 is 0 Å². The Labute approximate surface area is 99.6 Å². The summed E-state index contributed by atoms with van der Waals surface area (Å²) >= 11 is 6.03. The average molecular weight is 239 g/mol. The average Bonchev–Trinajstić information content (AvgIpc) is 2.63. The lowest BCUT2D eigenvalue weighted by molar-refractivity contribution is 0.400. The summed E-state index contributed by atoms with van der Waals surface area (Å²) in [5.74, 6) is 1.22. The first kappa shape index (κ1) is 11.4. The highest BCUT2D eigenvalue weighted by atomic mass is 35.5. The molecule has 0 saturated carbocycles.